The number of carbonyl (C=O) groups is 1. The van der Waals surface area contributed by atoms with Crippen LogP contribution >= 0.6 is 23.2 Å². The van der Waals surface area contributed by atoms with E-state index in [9.17, 15) is 4.79 Å². The van der Waals surface area contributed by atoms with E-state index in [0.29, 0.717) is 21.3 Å². The highest BCUT2D eigenvalue weighted by Crippen LogP contribution is 2.30. The summed E-state index contributed by atoms with van der Waals surface area (Å²) in [6.07, 6.45) is 0.0665. The average Bonchev–Trinajstić information content (AvgIpc) is 2.48. The number of hydrogen-bond acceptors (Lipinski definition) is 3. The van der Waals surface area contributed by atoms with Crippen LogP contribution in [-0.4, -0.2) is 22.0 Å². The molecule has 0 aromatic heterocycles. The molecule has 2 rings (SSSR count). The van der Waals surface area contributed by atoms with Crippen molar-refractivity contribution >= 4 is 34.9 Å². The van der Waals surface area contributed by atoms with E-state index >= 15 is 0 Å². The summed E-state index contributed by atoms with van der Waals surface area (Å²) in [6, 6.07) is 12.4. The topological polar surface area (TPSA) is 69.9 Å². The van der Waals surface area contributed by atoms with Gasteiger partial charge < -0.3 is 10.3 Å². The van der Waals surface area contributed by atoms with Crippen molar-refractivity contribution in [3.63, 3.8) is 0 Å². The second kappa shape index (κ2) is 7.29. The summed E-state index contributed by atoms with van der Waals surface area (Å²) in [5.41, 5.74) is 2.72. The lowest BCUT2D eigenvalue weighted by Crippen LogP contribution is -2.05. The third kappa shape index (κ3) is 4.00. The molecule has 0 bridgehead atoms. The number of halogens is 2. The molecule has 0 saturated carbocycles. The maximum absolute atomic E-state index is 10.6. The summed E-state index contributed by atoms with van der Waals surface area (Å²) in [5.74, 6) is -0.939. The molecule has 0 fully saturated rings. The monoisotopic (exact) mass is 337 g/mol. The molecule has 0 amide bonds. The SMILES string of the molecule is O=C(O)CCC(=NO)c1ccc(-c2ccc(Cl)cc2Cl)cc1. The Labute approximate surface area is 137 Å². The minimum Gasteiger partial charge on any atom is -0.481 e. The smallest absolute Gasteiger partial charge is 0.303 e. The fraction of sp³-hybridized carbons (Fsp3) is 0.125. The molecule has 0 radical (unpaired) electrons. The van der Waals surface area contributed by atoms with Crippen molar-refractivity contribution in [2.45, 2.75) is 12.8 Å². The fourth-order valence-corrected chi connectivity index (χ4v) is 2.56. The van der Waals surface area contributed by atoms with E-state index in [-0.39, 0.29) is 12.8 Å². The second-order valence-corrected chi connectivity index (χ2v) is 5.49. The van der Waals surface area contributed by atoms with Gasteiger partial charge in [-0.3, -0.25) is 4.79 Å². The van der Waals surface area contributed by atoms with Crippen LogP contribution in [0.4, 0.5) is 0 Å². The fourth-order valence-electron chi connectivity index (χ4n) is 2.04. The predicted octanol–water partition coefficient (Wildman–Crippen LogP) is 4.70. The molecule has 0 unspecified atom stereocenters. The molecular formula is C16H13Cl2NO3. The molecule has 0 heterocycles. The van der Waals surface area contributed by atoms with Gasteiger partial charge in [-0.2, -0.15) is 0 Å². The molecule has 0 aliphatic carbocycles. The Morgan fingerprint density at radius 2 is 1.73 bits per heavy atom. The van der Waals surface area contributed by atoms with E-state index in [1.807, 2.05) is 18.2 Å². The van der Waals surface area contributed by atoms with Crippen LogP contribution in [0.5, 0.6) is 0 Å². The largest absolute Gasteiger partial charge is 0.481 e. The molecule has 2 aromatic rings. The Kier molecular flexibility index (Phi) is 5.41. The van der Waals surface area contributed by atoms with E-state index in [2.05, 4.69) is 5.16 Å². The van der Waals surface area contributed by atoms with Gasteiger partial charge in [0.2, 0.25) is 0 Å². The standard InChI is InChI=1S/C16H13Cl2NO3/c17-12-5-6-13(14(18)9-12)10-1-3-11(4-2-10)15(19-22)7-8-16(20)21/h1-6,9,22H,7-8H2,(H,20,21). The molecule has 4 nitrogen and oxygen atoms in total. The minimum absolute atomic E-state index is 0.0931. The van der Waals surface area contributed by atoms with Crippen molar-refractivity contribution in [3.8, 4) is 11.1 Å². The van der Waals surface area contributed by atoms with Crippen molar-refractivity contribution in [3.05, 3.63) is 58.1 Å². The lowest BCUT2D eigenvalue weighted by molar-refractivity contribution is -0.136. The van der Waals surface area contributed by atoms with Gasteiger partial charge in [0, 0.05) is 22.0 Å². The zero-order valence-corrected chi connectivity index (χ0v) is 13.0. The summed E-state index contributed by atoms with van der Waals surface area (Å²) in [7, 11) is 0. The maximum Gasteiger partial charge on any atom is 0.303 e. The highest BCUT2D eigenvalue weighted by molar-refractivity contribution is 6.36. The molecule has 0 saturated heterocycles. The highest BCUT2D eigenvalue weighted by atomic mass is 35.5. The first-order chi connectivity index (χ1) is 10.5. The van der Waals surface area contributed by atoms with Gasteiger partial charge in [0.15, 0.2) is 0 Å². The van der Waals surface area contributed by atoms with Crippen molar-refractivity contribution in [2.75, 3.05) is 0 Å². The molecule has 114 valence electrons. The van der Waals surface area contributed by atoms with Gasteiger partial charge in [0.25, 0.3) is 0 Å². The van der Waals surface area contributed by atoms with E-state index in [0.717, 1.165) is 11.1 Å². The number of hydrogen-bond donors (Lipinski definition) is 2. The lowest BCUT2D eigenvalue weighted by atomic mass is 10.0. The lowest BCUT2D eigenvalue weighted by Gasteiger charge is -2.07. The van der Waals surface area contributed by atoms with Crippen LogP contribution in [0.15, 0.2) is 47.6 Å². The van der Waals surface area contributed by atoms with E-state index in [1.165, 1.54) is 0 Å². The van der Waals surface area contributed by atoms with Gasteiger partial charge >= 0.3 is 5.97 Å². The Balaban J connectivity index is 2.24. The van der Waals surface area contributed by atoms with Gasteiger partial charge in [-0.15, -0.1) is 0 Å². The van der Waals surface area contributed by atoms with Gasteiger partial charge in [-0.05, 0) is 23.3 Å². The first-order valence-electron chi connectivity index (χ1n) is 6.50. The van der Waals surface area contributed by atoms with Crippen LogP contribution in [0, 0.1) is 0 Å². The summed E-state index contributed by atoms with van der Waals surface area (Å²) < 4.78 is 0. The van der Waals surface area contributed by atoms with Crippen LogP contribution in [-0.2, 0) is 4.79 Å². The van der Waals surface area contributed by atoms with Gasteiger partial charge in [0.05, 0.1) is 12.1 Å². The Morgan fingerprint density at radius 1 is 1.05 bits per heavy atom. The van der Waals surface area contributed by atoms with Crippen molar-refractivity contribution in [2.24, 2.45) is 5.16 Å². The summed E-state index contributed by atoms with van der Waals surface area (Å²) in [6.45, 7) is 0. The zero-order chi connectivity index (χ0) is 16.1. The molecular weight excluding hydrogens is 325 g/mol. The Morgan fingerprint density at radius 3 is 2.27 bits per heavy atom. The molecule has 0 spiro atoms. The number of benzene rings is 2. The summed E-state index contributed by atoms with van der Waals surface area (Å²) >= 11 is 12.0. The first-order valence-corrected chi connectivity index (χ1v) is 7.25. The van der Waals surface area contributed by atoms with Crippen LogP contribution in [0.1, 0.15) is 18.4 Å². The first kappa shape index (κ1) is 16.3. The van der Waals surface area contributed by atoms with Crippen molar-refractivity contribution < 1.29 is 15.1 Å². The number of carboxylic acids is 1. The summed E-state index contributed by atoms with van der Waals surface area (Å²) in [4.78, 5) is 10.6. The molecule has 22 heavy (non-hydrogen) atoms. The van der Waals surface area contributed by atoms with Crippen LogP contribution in [0.3, 0.4) is 0 Å². The second-order valence-electron chi connectivity index (χ2n) is 4.64. The van der Waals surface area contributed by atoms with Crippen molar-refractivity contribution in [1.82, 2.24) is 0 Å². The quantitative estimate of drug-likeness (QED) is 0.471. The zero-order valence-electron chi connectivity index (χ0n) is 11.5. The number of oxime groups is 1. The average molecular weight is 338 g/mol. The molecule has 2 aromatic carbocycles. The number of aliphatic carboxylic acids is 1. The van der Waals surface area contributed by atoms with E-state index in [1.54, 1.807) is 24.3 Å². The van der Waals surface area contributed by atoms with E-state index < -0.39 is 5.97 Å². The summed E-state index contributed by atoms with van der Waals surface area (Å²) in [5, 5.41) is 22.0. The van der Waals surface area contributed by atoms with Gasteiger partial charge in [0.1, 0.15) is 0 Å². The number of rotatable bonds is 5. The van der Waals surface area contributed by atoms with Crippen LogP contribution in [0.25, 0.3) is 11.1 Å². The van der Waals surface area contributed by atoms with E-state index in [4.69, 9.17) is 33.5 Å². The predicted molar refractivity (Wildman–Crippen MR) is 87.1 cm³/mol. The van der Waals surface area contributed by atoms with Gasteiger partial charge in [-0.1, -0.05) is 58.7 Å². The minimum atomic E-state index is -0.939. The van der Waals surface area contributed by atoms with Crippen molar-refractivity contribution in [1.29, 1.82) is 0 Å². The maximum atomic E-state index is 10.6. The third-order valence-corrected chi connectivity index (χ3v) is 3.70. The number of carboxylic acid groups (broad SMARTS) is 1. The van der Waals surface area contributed by atoms with Gasteiger partial charge in [-0.25, -0.2) is 0 Å². The Hall–Kier alpha value is -2.04. The number of nitrogens with zero attached hydrogens (tertiary/aromatic N) is 1. The normalized spacial score (nSPS) is 11.5. The molecule has 0 aliphatic rings. The Bertz CT molecular complexity index is 712. The molecule has 0 aliphatic heterocycles. The molecule has 6 heteroatoms. The third-order valence-electron chi connectivity index (χ3n) is 3.16. The van der Waals surface area contributed by atoms with Crippen LogP contribution in [0.2, 0.25) is 10.0 Å². The highest BCUT2D eigenvalue weighted by Gasteiger charge is 2.09. The molecule has 2 N–H and O–H groups in total. The molecule has 0 atom stereocenters. The van der Waals surface area contributed by atoms with Crippen LogP contribution < -0.4 is 0 Å².